The van der Waals surface area contributed by atoms with E-state index in [2.05, 4.69) is 0 Å². The van der Waals surface area contributed by atoms with E-state index in [1.807, 2.05) is 13.8 Å². The Kier molecular flexibility index (Phi) is 3.91. The quantitative estimate of drug-likeness (QED) is 0.870. The van der Waals surface area contributed by atoms with Gasteiger partial charge < -0.3 is 5.11 Å². The minimum Gasteiger partial charge on any atom is -0.481 e. The second kappa shape index (κ2) is 4.86. The lowest BCUT2D eigenvalue weighted by Crippen LogP contribution is -2.26. The first-order valence-corrected chi connectivity index (χ1v) is 5.76. The Labute approximate surface area is 101 Å². The van der Waals surface area contributed by atoms with Crippen LogP contribution in [0.15, 0.2) is 18.2 Å². The number of hydrogen-bond acceptors (Lipinski definition) is 1. The van der Waals surface area contributed by atoms with Crippen molar-refractivity contribution in [2.45, 2.75) is 40.0 Å². The molecule has 1 aromatic carbocycles. The van der Waals surface area contributed by atoms with Crippen molar-refractivity contribution in [3.05, 3.63) is 35.1 Å². The number of carboxylic acid groups (broad SMARTS) is 1. The van der Waals surface area contributed by atoms with Gasteiger partial charge in [-0.3, -0.25) is 4.79 Å². The van der Waals surface area contributed by atoms with Crippen LogP contribution < -0.4 is 0 Å². The number of aliphatic carboxylic acids is 1. The molecule has 0 fully saturated rings. The Morgan fingerprint density at radius 2 is 2.00 bits per heavy atom. The molecule has 0 saturated carbocycles. The van der Waals surface area contributed by atoms with Gasteiger partial charge >= 0.3 is 5.97 Å². The van der Waals surface area contributed by atoms with Crippen molar-refractivity contribution in [3.63, 3.8) is 0 Å². The van der Waals surface area contributed by atoms with Crippen LogP contribution in [-0.4, -0.2) is 11.1 Å². The van der Waals surface area contributed by atoms with Gasteiger partial charge in [0, 0.05) is 0 Å². The number of carboxylic acids is 1. The maximum atomic E-state index is 13.5. The van der Waals surface area contributed by atoms with Gasteiger partial charge in [0.2, 0.25) is 0 Å². The van der Waals surface area contributed by atoms with E-state index in [1.54, 1.807) is 26.0 Å². The highest BCUT2D eigenvalue weighted by atomic mass is 19.1. The lowest BCUT2D eigenvalue weighted by atomic mass is 9.85. The summed E-state index contributed by atoms with van der Waals surface area (Å²) in [6, 6.07) is 4.85. The van der Waals surface area contributed by atoms with E-state index >= 15 is 0 Å². The third-order valence-electron chi connectivity index (χ3n) is 2.91. The van der Waals surface area contributed by atoms with Crippen molar-refractivity contribution in [2.24, 2.45) is 5.41 Å². The highest BCUT2D eigenvalue weighted by molar-refractivity contribution is 5.74. The van der Waals surface area contributed by atoms with E-state index in [4.69, 9.17) is 5.11 Å². The molecule has 0 aliphatic heterocycles. The number of carbonyl (C=O) groups is 1. The molecular weight excluding hydrogens is 219 g/mol. The molecule has 1 aromatic rings. The summed E-state index contributed by atoms with van der Waals surface area (Å²) in [6.07, 6.45) is 0.405. The Bertz CT molecular complexity index is 422. The Balaban J connectivity index is 3.01. The zero-order chi connectivity index (χ0) is 13.2. The van der Waals surface area contributed by atoms with Crippen molar-refractivity contribution >= 4 is 5.97 Å². The van der Waals surface area contributed by atoms with Crippen LogP contribution >= 0.6 is 0 Å². The summed E-state index contributed by atoms with van der Waals surface area (Å²) in [5.74, 6) is -0.965. The van der Waals surface area contributed by atoms with Gasteiger partial charge in [-0.25, -0.2) is 4.39 Å². The molecule has 2 nitrogen and oxygen atoms in total. The molecule has 3 heteroatoms. The van der Waals surface area contributed by atoms with Crippen molar-refractivity contribution in [1.29, 1.82) is 0 Å². The van der Waals surface area contributed by atoms with E-state index in [9.17, 15) is 9.18 Å². The largest absolute Gasteiger partial charge is 0.481 e. The molecule has 0 heterocycles. The van der Waals surface area contributed by atoms with Crippen LogP contribution in [0.4, 0.5) is 4.39 Å². The fourth-order valence-electron chi connectivity index (χ4n) is 1.73. The fourth-order valence-corrected chi connectivity index (χ4v) is 1.73. The zero-order valence-corrected chi connectivity index (χ0v) is 10.7. The SMILES string of the molecule is CC(C)c1cc(CC(C)(C)C(=O)O)ccc1F. The Hall–Kier alpha value is -1.38. The van der Waals surface area contributed by atoms with Crippen LogP contribution in [0.2, 0.25) is 0 Å². The highest BCUT2D eigenvalue weighted by Gasteiger charge is 2.27. The van der Waals surface area contributed by atoms with Crippen LogP contribution in [0.25, 0.3) is 0 Å². The van der Waals surface area contributed by atoms with Gasteiger partial charge in [-0.2, -0.15) is 0 Å². The van der Waals surface area contributed by atoms with Crippen LogP contribution in [0, 0.1) is 11.2 Å². The first-order chi connectivity index (χ1) is 7.74. The van der Waals surface area contributed by atoms with Gasteiger partial charge in [-0.05, 0) is 43.4 Å². The van der Waals surface area contributed by atoms with Crippen molar-refractivity contribution in [1.82, 2.24) is 0 Å². The first-order valence-electron chi connectivity index (χ1n) is 5.76. The van der Waals surface area contributed by atoms with Gasteiger partial charge in [0.15, 0.2) is 0 Å². The molecule has 0 saturated heterocycles. The summed E-state index contributed by atoms with van der Waals surface area (Å²) in [4.78, 5) is 11.0. The Morgan fingerprint density at radius 3 is 2.47 bits per heavy atom. The van der Waals surface area contributed by atoms with Crippen molar-refractivity contribution in [3.8, 4) is 0 Å². The van der Waals surface area contributed by atoms with Gasteiger partial charge in [0.05, 0.1) is 5.41 Å². The maximum absolute atomic E-state index is 13.5. The second-order valence-electron chi connectivity index (χ2n) is 5.38. The summed E-state index contributed by atoms with van der Waals surface area (Å²) < 4.78 is 13.5. The predicted molar refractivity (Wildman–Crippen MR) is 65.6 cm³/mol. The molecule has 0 radical (unpaired) electrons. The molecule has 0 amide bonds. The molecule has 0 atom stereocenters. The normalized spacial score (nSPS) is 11.9. The molecule has 0 aliphatic carbocycles. The molecule has 94 valence electrons. The monoisotopic (exact) mass is 238 g/mol. The van der Waals surface area contributed by atoms with E-state index in [0.717, 1.165) is 5.56 Å². The zero-order valence-electron chi connectivity index (χ0n) is 10.7. The molecule has 0 unspecified atom stereocenters. The standard InChI is InChI=1S/C14H19FO2/c1-9(2)11-7-10(5-6-12(11)15)8-14(3,4)13(16)17/h5-7,9H,8H2,1-4H3,(H,16,17). The van der Waals surface area contributed by atoms with Gasteiger partial charge in [-0.15, -0.1) is 0 Å². The van der Waals surface area contributed by atoms with Crippen molar-refractivity contribution < 1.29 is 14.3 Å². The molecule has 1 rings (SSSR count). The number of benzene rings is 1. The molecule has 0 bridgehead atoms. The predicted octanol–water partition coefficient (Wildman–Crippen LogP) is 3.60. The molecular formula is C14H19FO2. The minimum absolute atomic E-state index is 0.0999. The van der Waals surface area contributed by atoms with E-state index < -0.39 is 11.4 Å². The summed E-state index contributed by atoms with van der Waals surface area (Å²) >= 11 is 0. The van der Waals surface area contributed by atoms with Gasteiger partial charge in [0.25, 0.3) is 0 Å². The topological polar surface area (TPSA) is 37.3 Å². The summed E-state index contributed by atoms with van der Waals surface area (Å²) in [5.41, 5.74) is 0.678. The fraction of sp³-hybridized carbons (Fsp3) is 0.500. The van der Waals surface area contributed by atoms with E-state index in [0.29, 0.717) is 12.0 Å². The first kappa shape index (κ1) is 13.7. The third kappa shape index (κ3) is 3.29. The lowest BCUT2D eigenvalue weighted by Gasteiger charge is -2.20. The molecule has 17 heavy (non-hydrogen) atoms. The average Bonchev–Trinajstić information content (AvgIpc) is 2.20. The average molecular weight is 238 g/mol. The minimum atomic E-state index is -0.840. The van der Waals surface area contributed by atoms with Crippen LogP contribution in [-0.2, 0) is 11.2 Å². The van der Waals surface area contributed by atoms with Gasteiger partial charge in [-0.1, -0.05) is 26.0 Å². The third-order valence-corrected chi connectivity index (χ3v) is 2.91. The van der Waals surface area contributed by atoms with E-state index in [1.165, 1.54) is 6.07 Å². The van der Waals surface area contributed by atoms with Crippen LogP contribution in [0.3, 0.4) is 0 Å². The summed E-state index contributed by atoms with van der Waals surface area (Å²) in [5, 5.41) is 9.06. The Morgan fingerprint density at radius 1 is 1.41 bits per heavy atom. The molecule has 0 spiro atoms. The molecule has 1 N–H and O–H groups in total. The number of rotatable bonds is 4. The molecule has 0 aliphatic rings. The molecule has 0 aromatic heterocycles. The summed E-state index contributed by atoms with van der Waals surface area (Å²) in [7, 11) is 0. The van der Waals surface area contributed by atoms with Gasteiger partial charge in [0.1, 0.15) is 5.82 Å². The number of halogens is 1. The van der Waals surface area contributed by atoms with Crippen LogP contribution in [0.1, 0.15) is 44.7 Å². The maximum Gasteiger partial charge on any atom is 0.309 e. The second-order valence-corrected chi connectivity index (χ2v) is 5.38. The van der Waals surface area contributed by atoms with Crippen LogP contribution in [0.5, 0.6) is 0 Å². The number of hydrogen-bond donors (Lipinski definition) is 1. The van der Waals surface area contributed by atoms with E-state index in [-0.39, 0.29) is 11.7 Å². The summed E-state index contributed by atoms with van der Waals surface area (Å²) in [6.45, 7) is 7.19. The smallest absolute Gasteiger partial charge is 0.309 e. The highest BCUT2D eigenvalue weighted by Crippen LogP contribution is 2.26. The lowest BCUT2D eigenvalue weighted by molar-refractivity contribution is -0.146. The van der Waals surface area contributed by atoms with Crippen molar-refractivity contribution in [2.75, 3.05) is 0 Å².